The van der Waals surface area contributed by atoms with Crippen molar-refractivity contribution in [2.45, 2.75) is 70.5 Å². The maximum absolute atomic E-state index is 5.23. The summed E-state index contributed by atoms with van der Waals surface area (Å²) < 4.78 is 15.1. The Bertz CT molecular complexity index is 206. The third kappa shape index (κ3) is 8.37. The molecule has 0 spiro atoms. The number of ether oxygens (including phenoxy) is 3. The minimum absolute atomic E-state index is 0. The number of hydrogen-bond donors (Lipinski definition) is 0. The maximum Gasteiger partial charge on any atom is 0.104 e. The number of rotatable bonds is 9. The Labute approximate surface area is 125 Å². The zero-order chi connectivity index (χ0) is 14.1. The van der Waals surface area contributed by atoms with Gasteiger partial charge in [-0.05, 0) is 0 Å². The molecular weight excluding hydrogens is 272 g/mol. The fraction of sp³-hybridized carbons (Fsp3) is 1.00. The van der Waals surface area contributed by atoms with Gasteiger partial charge in [0.2, 0.25) is 0 Å². The molecule has 4 nitrogen and oxygen atoms in total. The quantitative estimate of drug-likeness (QED) is 0.486. The van der Waals surface area contributed by atoms with Gasteiger partial charge in [-0.2, -0.15) is 0 Å². The van der Waals surface area contributed by atoms with E-state index in [2.05, 4.69) is 27.7 Å². The Balaban J connectivity index is 0.000000344. The minimum Gasteiger partial charge on any atom is -0.412 e. The molecule has 2 aliphatic heterocycles. The van der Waals surface area contributed by atoms with E-state index in [0.717, 1.165) is 26.4 Å². The number of epoxide rings is 2. The first-order chi connectivity index (χ1) is 9.19. The largest absolute Gasteiger partial charge is 0.412 e. The summed E-state index contributed by atoms with van der Waals surface area (Å²) in [5.74, 6) is 0. The van der Waals surface area contributed by atoms with Crippen molar-refractivity contribution >= 4 is 8.07 Å². The molecule has 20 heavy (non-hydrogen) atoms. The van der Waals surface area contributed by atoms with Gasteiger partial charge in [0.25, 0.3) is 0 Å². The summed E-state index contributed by atoms with van der Waals surface area (Å²) in [6.07, 6.45) is 2.19. The molecule has 2 aliphatic rings. The first kappa shape index (κ1) is 20.1. The van der Waals surface area contributed by atoms with E-state index in [1.54, 1.807) is 6.04 Å². The van der Waals surface area contributed by atoms with E-state index >= 15 is 0 Å². The monoisotopic (exact) mass is 306 g/mol. The molecule has 2 atom stereocenters. The molecule has 2 rings (SSSR count). The van der Waals surface area contributed by atoms with Crippen molar-refractivity contribution in [1.82, 2.24) is 0 Å². The summed E-state index contributed by atoms with van der Waals surface area (Å²) in [4.78, 5) is 0. The summed E-state index contributed by atoms with van der Waals surface area (Å²) in [5, 5.41) is 0. The normalized spacial score (nSPS) is 23.4. The average molecular weight is 307 g/mol. The molecule has 2 heterocycles. The average Bonchev–Trinajstić information content (AvgIpc) is 3.31. The molecule has 0 bridgehead atoms. The van der Waals surface area contributed by atoms with Gasteiger partial charge in [-0.15, -0.1) is 0 Å². The van der Waals surface area contributed by atoms with Crippen molar-refractivity contribution < 1.29 is 19.7 Å². The molecular formula is C15H34O4Si. The van der Waals surface area contributed by atoms with Gasteiger partial charge in [-0.1, -0.05) is 58.3 Å². The summed E-state index contributed by atoms with van der Waals surface area (Å²) >= 11 is 0. The highest BCUT2D eigenvalue weighted by atomic mass is 28.3. The topological polar surface area (TPSA) is 65.8 Å². The molecule has 2 unspecified atom stereocenters. The van der Waals surface area contributed by atoms with Crippen LogP contribution in [0.15, 0.2) is 0 Å². The van der Waals surface area contributed by atoms with E-state index in [1.165, 1.54) is 24.6 Å². The molecule has 0 aliphatic carbocycles. The Morgan fingerprint density at radius 1 is 0.900 bits per heavy atom. The standard InChI is InChI=1S/C9H22Si.C6H10O3.H2O/c1-5-9-10(6-2,7-3)8-4;1(5-3-8-5)7-2-6-4-9-6;/h5-9H2,1-4H3;5-6H,1-4H2;1H2. The molecule has 5 heteroatoms. The first-order valence-electron chi connectivity index (χ1n) is 8.00. The van der Waals surface area contributed by atoms with Crippen molar-refractivity contribution in [2.24, 2.45) is 0 Å². The predicted octanol–water partition coefficient (Wildman–Crippen LogP) is 2.88. The Morgan fingerprint density at radius 3 is 1.50 bits per heavy atom. The highest BCUT2D eigenvalue weighted by Crippen LogP contribution is 2.25. The Kier molecular flexibility index (Phi) is 10.8. The molecule has 0 amide bonds. The van der Waals surface area contributed by atoms with E-state index in [0.29, 0.717) is 12.2 Å². The van der Waals surface area contributed by atoms with Crippen LogP contribution in [-0.4, -0.2) is 52.2 Å². The van der Waals surface area contributed by atoms with Crippen LogP contribution in [0.1, 0.15) is 34.1 Å². The lowest BCUT2D eigenvalue weighted by Gasteiger charge is -2.27. The van der Waals surface area contributed by atoms with Crippen LogP contribution in [0.5, 0.6) is 0 Å². The highest BCUT2D eigenvalue weighted by Gasteiger charge is 2.26. The van der Waals surface area contributed by atoms with E-state index in [9.17, 15) is 0 Å². The van der Waals surface area contributed by atoms with Crippen LogP contribution in [0.4, 0.5) is 0 Å². The zero-order valence-corrected chi connectivity index (χ0v) is 14.7. The van der Waals surface area contributed by atoms with Gasteiger partial charge in [0.1, 0.15) is 12.2 Å². The van der Waals surface area contributed by atoms with E-state index < -0.39 is 8.07 Å². The smallest absolute Gasteiger partial charge is 0.104 e. The summed E-state index contributed by atoms with van der Waals surface area (Å²) in [7, 11) is -0.717. The van der Waals surface area contributed by atoms with Gasteiger partial charge in [0, 0.05) is 0 Å². The van der Waals surface area contributed by atoms with Crippen LogP contribution in [0.2, 0.25) is 24.2 Å². The molecule has 2 N–H and O–H groups in total. The third-order valence-corrected chi connectivity index (χ3v) is 10.5. The van der Waals surface area contributed by atoms with Crippen molar-refractivity contribution in [3.05, 3.63) is 0 Å². The third-order valence-electron chi connectivity index (χ3n) is 4.44. The van der Waals surface area contributed by atoms with Gasteiger partial charge in [-0.25, -0.2) is 0 Å². The fourth-order valence-corrected chi connectivity index (χ4v) is 6.09. The fourth-order valence-electron chi connectivity index (χ4n) is 2.47. The first-order valence-corrected chi connectivity index (χ1v) is 10.8. The molecule has 122 valence electrons. The molecule has 0 aromatic heterocycles. The van der Waals surface area contributed by atoms with Gasteiger partial charge >= 0.3 is 0 Å². The lowest BCUT2D eigenvalue weighted by molar-refractivity contribution is 0.102. The Morgan fingerprint density at radius 2 is 1.30 bits per heavy atom. The second kappa shape index (κ2) is 10.7. The second-order valence-electron chi connectivity index (χ2n) is 5.76. The summed E-state index contributed by atoms with van der Waals surface area (Å²) in [5.41, 5.74) is 0. The SMILES string of the molecule is C(OCC1CO1)C1CO1.CCC[Si](CC)(CC)CC.O. The lowest BCUT2D eigenvalue weighted by atomic mass is 10.5. The van der Waals surface area contributed by atoms with Crippen LogP contribution < -0.4 is 0 Å². The summed E-state index contributed by atoms with van der Waals surface area (Å²) in [6, 6.07) is 6.03. The molecule has 2 saturated heterocycles. The zero-order valence-electron chi connectivity index (χ0n) is 13.7. The maximum atomic E-state index is 5.23. The van der Waals surface area contributed by atoms with Crippen LogP contribution in [0.25, 0.3) is 0 Å². The lowest BCUT2D eigenvalue weighted by Crippen LogP contribution is -2.30. The van der Waals surface area contributed by atoms with Gasteiger partial charge in [0.05, 0.1) is 34.5 Å². The molecule has 2 fully saturated rings. The number of hydrogen-bond acceptors (Lipinski definition) is 3. The van der Waals surface area contributed by atoms with Crippen LogP contribution in [-0.2, 0) is 14.2 Å². The van der Waals surface area contributed by atoms with E-state index in [1.807, 2.05) is 0 Å². The molecule has 0 radical (unpaired) electrons. The molecule has 0 aromatic rings. The Hall–Kier alpha value is 0.0569. The minimum atomic E-state index is -0.717. The van der Waals surface area contributed by atoms with E-state index in [-0.39, 0.29) is 5.48 Å². The van der Waals surface area contributed by atoms with Crippen LogP contribution in [0, 0.1) is 0 Å². The summed E-state index contributed by atoms with van der Waals surface area (Å²) in [6.45, 7) is 12.7. The molecule has 0 saturated carbocycles. The van der Waals surface area contributed by atoms with Crippen LogP contribution >= 0.6 is 0 Å². The van der Waals surface area contributed by atoms with Crippen molar-refractivity contribution in [3.8, 4) is 0 Å². The molecule has 0 aromatic carbocycles. The predicted molar refractivity (Wildman–Crippen MR) is 86.2 cm³/mol. The van der Waals surface area contributed by atoms with Crippen molar-refractivity contribution in [3.63, 3.8) is 0 Å². The van der Waals surface area contributed by atoms with Crippen molar-refractivity contribution in [2.75, 3.05) is 26.4 Å². The van der Waals surface area contributed by atoms with Crippen molar-refractivity contribution in [1.29, 1.82) is 0 Å². The second-order valence-corrected chi connectivity index (χ2v) is 11.4. The highest BCUT2D eigenvalue weighted by molar-refractivity contribution is 6.79. The van der Waals surface area contributed by atoms with Crippen LogP contribution in [0.3, 0.4) is 0 Å². The van der Waals surface area contributed by atoms with E-state index in [4.69, 9.17) is 14.2 Å². The van der Waals surface area contributed by atoms with Gasteiger partial charge in [0.15, 0.2) is 0 Å². The van der Waals surface area contributed by atoms with Gasteiger partial charge < -0.3 is 19.7 Å². The van der Waals surface area contributed by atoms with Gasteiger partial charge in [-0.3, -0.25) is 0 Å².